The van der Waals surface area contributed by atoms with Crippen LogP contribution in [-0.2, 0) is 6.18 Å². The Morgan fingerprint density at radius 1 is 1.12 bits per heavy atom. The van der Waals surface area contributed by atoms with E-state index in [1.807, 2.05) is 0 Å². The van der Waals surface area contributed by atoms with E-state index in [1.165, 1.54) is 41.2 Å². The van der Waals surface area contributed by atoms with E-state index < -0.39 is 23.5 Å². The zero-order chi connectivity index (χ0) is 18.9. The summed E-state index contributed by atoms with van der Waals surface area (Å²) < 4.78 is 53.0. The molecule has 1 amide bonds. The van der Waals surface area contributed by atoms with Crippen LogP contribution < -0.4 is 5.32 Å². The number of alkyl halides is 3. The molecular formula is C18H13F4N3O. The molecule has 2 aromatic carbocycles. The van der Waals surface area contributed by atoms with Crippen LogP contribution in [0.4, 0.5) is 23.2 Å². The molecule has 8 heteroatoms. The highest BCUT2D eigenvalue weighted by molar-refractivity contribution is 6.04. The van der Waals surface area contributed by atoms with Gasteiger partial charge in [-0.3, -0.25) is 4.79 Å². The predicted octanol–water partition coefficient (Wildman–Crippen LogP) is 4.59. The van der Waals surface area contributed by atoms with Gasteiger partial charge in [0, 0.05) is 5.69 Å². The first-order valence-corrected chi connectivity index (χ1v) is 7.55. The highest BCUT2D eigenvalue weighted by Gasteiger charge is 2.30. The topological polar surface area (TPSA) is 46.9 Å². The van der Waals surface area contributed by atoms with Crippen molar-refractivity contribution in [2.75, 3.05) is 5.32 Å². The molecule has 134 valence electrons. The highest BCUT2D eigenvalue weighted by Crippen LogP contribution is 2.30. The average Bonchev–Trinajstić information content (AvgIpc) is 2.96. The molecule has 0 aliphatic heterocycles. The van der Waals surface area contributed by atoms with Crippen molar-refractivity contribution in [1.29, 1.82) is 0 Å². The van der Waals surface area contributed by atoms with Gasteiger partial charge in [0.2, 0.25) is 0 Å². The van der Waals surface area contributed by atoms with E-state index in [2.05, 4.69) is 10.4 Å². The Kier molecular flexibility index (Phi) is 4.50. The van der Waals surface area contributed by atoms with E-state index in [9.17, 15) is 22.4 Å². The number of benzene rings is 2. The molecule has 0 unspecified atom stereocenters. The number of carbonyl (C=O) groups is 1. The van der Waals surface area contributed by atoms with Crippen LogP contribution in [0.2, 0.25) is 0 Å². The smallest absolute Gasteiger partial charge is 0.322 e. The van der Waals surface area contributed by atoms with Gasteiger partial charge in [0.1, 0.15) is 5.82 Å². The number of hydrogen-bond donors (Lipinski definition) is 1. The SMILES string of the molecule is Cc1c(C(=O)Nc2cccc(F)c2)cnn1-c1cccc(C(F)(F)F)c1. The molecule has 0 radical (unpaired) electrons. The summed E-state index contributed by atoms with van der Waals surface area (Å²) in [5.41, 5.74) is 0.170. The molecule has 1 N–H and O–H groups in total. The van der Waals surface area contributed by atoms with Gasteiger partial charge < -0.3 is 5.32 Å². The van der Waals surface area contributed by atoms with E-state index in [0.29, 0.717) is 5.69 Å². The number of amides is 1. The quantitative estimate of drug-likeness (QED) is 0.692. The van der Waals surface area contributed by atoms with E-state index >= 15 is 0 Å². The number of halogens is 4. The lowest BCUT2D eigenvalue weighted by Gasteiger charge is -2.10. The summed E-state index contributed by atoms with van der Waals surface area (Å²) in [6, 6.07) is 10.0. The van der Waals surface area contributed by atoms with Crippen LogP contribution in [0.15, 0.2) is 54.7 Å². The van der Waals surface area contributed by atoms with Gasteiger partial charge in [0.25, 0.3) is 5.91 Å². The number of carbonyl (C=O) groups excluding carboxylic acids is 1. The van der Waals surface area contributed by atoms with Crippen LogP contribution in [0.3, 0.4) is 0 Å². The van der Waals surface area contributed by atoms with Gasteiger partial charge in [-0.2, -0.15) is 18.3 Å². The Hall–Kier alpha value is -3.16. The monoisotopic (exact) mass is 363 g/mol. The van der Waals surface area contributed by atoms with Gasteiger partial charge in [0.15, 0.2) is 0 Å². The molecule has 0 saturated heterocycles. The summed E-state index contributed by atoms with van der Waals surface area (Å²) >= 11 is 0. The van der Waals surface area contributed by atoms with Crippen molar-refractivity contribution in [1.82, 2.24) is 9.78 Å². The summed E-state index contributed by atoms with van der Waals surface area (Å²) in [6.45, 7) is 1.56. The van der Waals surface area contributed by atoms with Crippen LogP contribution in [-0.4, -0.2) is 15.7 Å². The second kappa shape index (κ2) is 6.62. The maximum Gasteiger partial charge on any atom is 0.416 e. The molecule has 0 fully saturated rings. The fraction of sp³-hybridized carbons (Fsp3) is 0.111. The summed E-state index contributed by atoms with van der Waals surface area (Å²) in [4.78, 5) is 12.4. The number of rotatable bonds is 3. The Labute approximate surface area is 146 Å². The fourth-order valence-corrected chi connectivity index (χ4v) is 2.47. The standard InChI is InChI=1S/C18H13F4N3O/c1-11-16(17(26)24-14-6-3-5-13(19)9-14)10-23-25(11)15-7-2-4-12(8-15)18(20,21)22/h2-10H,1H3,(H,24,26). The summed E-state index contributed by atoms with van der Waals surface area (Å²) in [5, 5.41) is 6.53. The van der Waals surface area contributed by atoms with Crippen LogP contribution in [0, 0.1) is 12.7 Å². The average molecular weight is 363 g/mol. The lowest BCUT2D eigenvalue weighted by Crippen LogP contribution is -2.13. The summed E-state index contributed by atoms with van der Waals surface area (Å²) in [5.74, 6) is -1.04. The van der Waals surface area contributed by atoms with Crippen LogP contribution >= 0.6 is 0 Å². The van der Waals surface area contributed by atoms with Crippen molar-refractivity contribution in [2.45, 2.75) is 13.1 Å². The molecule has 26 heavy (non-hydrogen) atoms. The van der Waals surface area contributed by atoms with Crippen molar-refractivity contribution in [2.24, 2.45) is 0 Å². The zero-order valence-corrected chi connectivity index (χ0v) is 13.5. The Morgan fingerprint density at radius 2 is 1.85 bits per heavy atom. The Morgan fingerprint density at radius 3 is 2.54 bits per heavy atom. The maximum atomic E-state index is 13.2. The Bertz CT molecular complexity index is 963. The van der Waals surface area contributed by atoms with Gasteiger partial charge in [-0.05, 0) is 43.3 Å². The molecule has 3 rings (SSSR count). The molecule has 0 bridgehead atoms. The summed E-state index contributed by atoms with van der Waals surface area (Å²) in [7, 11) is 0. The second-order valence-electron chi connectivity index (χ2n) is 5.57. The second-order valence-corrected chi connectivity index (χ2v) is 5.57. The van der Waals surface area contributed by atoms with Crippen molar-refractivity contribution < 1.29 is 22.4 Å². The molecule has 0 atom stereocenters. The van der Waals surface area contributed by atoms with Crippen molar-refractivity contribution in [3.8, 4) is 5.69 Å². The van der Waals surface area contributed by atoms with Crippen LogP contribution in [0.25, 0.3) is 5.69 Å². The first kappa shape index (κ1) is 17.7. The fourth-order valence-electron chi connectivity index (χ4n) is 2.47. The number of anilines is 1. The molecule has 1 aromatic heterocycles. The van der Waals surface area contributed by atoms with E-state index in [-0.39, 0.29) is 16.9 Å². The van der Waals surface area contributed by atoms with E-state index in [0.717, 1.165) is 18.2 Å². The van der Waals surface area contributed by atoms with E-state index in [1.54, 1.807) is 6.92 Å². The largest absolute Gasteiger partial charge is 0.416 e. The third kappa shape index (κ3) is 3.58. The number of hydrogen-bond acceptors (Lipinski definition) is 2. The number of nitrogens with one attached hydrogen (secondary N) is 1. The molecule has 0 spiro atoms. The van der Waals surface area contributed by atoms with Crippen molar-refractivity contribution in [3.63, 3.8) is 0 Å². The van der Waals surface area contributed by atoms with Crippen molar-refractivity contribution in [3.05, 3.63) is 77.4 Å². The maximum absolute atomic E-state index is 13.2. The molecule has 0 aliphatic carbocycles. The predicted molar refractivity (Wildman–Crippen MR) is 87.7 cm³/mol. The zero-order valence-electron chi connectivity index (χ0n) is 13.5. The molecule has 1 heterocycles. The van der Waals surface area contributed by atoms with Gasteiger partial charge in [-0.25, -0.2) is 9.07 Å². The first-order chi connectivity index (χ1) is 12.3. The summed E-state index contributed by atoms with van der Waals surface area (Å²) in [6.07, 6.45) is -3.22. The molecule has 4 nitrogen and oxygen atoms in total. The normalized spacial score (nSPS) is 11.4. The lowest BCUT2D eigenvalue weighted by atomic mass is 10.2. The number of nitrogens with zero attached hydrogens (tertiary/aromatic N) is 2. The number of aromatic nitrogens is 2. The minimum Gasteiger partial charge on any atom is -0.322 e. The molecular weight excluding hydrogens is 350 g/mol. The van der Waals surface area contributed by atoms with E-state index in [4.69, 9.17) is 0 Å². The molecule has 3 aromatic rings. The highest BCUT2D eigenvalue weighted by atomic mass is 19.4. The van der Waals surface area contributed by atoms with Gasteiger partial charge in [-0.15, -0.1) is 0 Å². The lowest BCUT2D eigenvalue weighted by molar-refractivity contribution is -0.137. The third-order valence-corrected chi connectivity index (χ3v) is 3.75. The van der Waals surface area contributed by atoms with Gasteiger partial charge in [-0.1, -0.05) is 12.1 Å². The van der Waals surface area contributed by atoms with Gasteiger partial charge >= 0.3 is 6.18 Å². The first-order valence-electron chi connectivity index (χ1n) is 7.55. The Balaban J connectivity index is 1.90. The van der Waals surface area contributed by atoms with Crippen LogP contribution in [0.5, 0.6) is 0 Å². The van der Waals surface area contributed by atoms with Crippen molar-refractivity contribution >= 4 is 11.6 Å². The molecule has 0 saturated carbocycles. The third-order valence-electron chi connectivity index (χ3n) is 3.75. The molecule has 0 aliphatic rings. The minimum atomic E-state index is -4.48. The minimum absolute atomic E-state index is 0.173. The van der Waals surface area contributed by atoms with Gasteiger partial charge in [0.05, 0.1) is 28.7 Å². The van der Waals surface area contributed by atoms with Crippen LogP contribution in [0.1, 0.15) is 21.6 Å².